The van der Waals surface area contributed by atoms with Gasteiger partial charge < -0.3 is 14.2 Å². The first-order chi connectivity index (χ1) is 11.5. The molecule has 0 N–H and O–H groups in total. The van der Waals surface area contributed by atoms with Gasteiger partial charge in [0.05, 0.1) is 42.5 Å². The molecule has 0 bridgehead atoms. The van der Waals surface area contributed by atoms with E-state index in [1.165, 1.54) is 21.3 Å². The predicted octanol–water partition coefficient (Wildman–Crippen LogP) is 3.56. The van der Waals surface area contributed by atoms with Crippen LogP contribution in [0.4, 0.5) is 0 Å². The van der Waals surface area contributed by atoms with Gasteiger partial charge in [-0.2, -0.15) is 0 Å². The molecule has 0 radical (unpaired) electrons. The van der Waals surface area contributed by atoms with Crippen LogP contribution in [0.1, 0.15) is 37.4 Å². The van der Waals surface area contributed by atoms with Gasteiger partial charge in [0.2, 0.25) is 5.78 Å². The average molecular weight is 391 g/mol. The lowest BCUT2D eigenvalue weighted by Gasteiger charge is -2.25. The Morgan fingerprint density at radius 1 is 0.833 bits per heavy atom. The summed E-state index contributed by atoms with van der Waals surface area (Å²) in [6.07, 6.45) is 0. The van der Waals surface area contributed by atoms with E-state index in [2.05, 4.69) is 15.9 Å². The fourth-order valence-corrected chi connectivity index (χ4v) is 3.60. The molecule has 0 amide bonds. The van der Waals surface area contributed by atoms with E-state index in [0.29, 0.717) is 32.8 Å². The Balaban J connectivity index is 2.46. The Morgan fingerprint density at radius 3 is 2.04 bits per heavy atom. The zero-order valence-corrected chi connectivity index (χ0v) is 15.2. The van der Waals surface area contributed by atoms with Crippen molar-refractivity contribution in [2.24, 2.45) is 0 Å². The zero-order chi connectivity index (χ0) is 17.6. The van der Waals surface area contributed by atoms with E-state index in [1.807, 2.05) is 0 Å². The quantitative estimate of drug-likeness (QED) is 0.683. The van der Waals surface area contributed by atoms with Crippen molar-refractivity contribution in [3.8, 4) is 17.2 Å². The van der Waals surface area contributed by atoms with Gasteiger partial charge in [0.15, 0.2) is 5.78 Å². The van der Waals surface area contributed by atoms with Gasteiger partial charge >= 0.3 is 0 Å². The Labute approximate surface area is 147 Å². The van der Waals surface area contributed by atoms with Crippen LogP contribution in [-0.2, 0) is 0 Å². The molecule has 1 aliphatic carbocycles. The van der Waals surface area contributed by atoms with E-state index in [0.717, 1.165) is 0 Å². The van der Waals surface area contributed by atoms with E-state index in [1.54, 1.807) is 25.1 Å². The van der Waals surface area contributed by atoms with Gasteiger partial charge in [0.1, 0.15) is 17.2 Å². The molecule has 3 rings (SSSR count). The van der Waals surface area contributed by atoms with E-state index in [-0.39, 0.29) is 28.3 Å². The number of ether oxygens (including phenoxy) is 3. The molecule has 1 aliphatic rings. The topological polar surface area (TPSA) is 61.8 Å². The van der Waals surface area contributed by atoms with E-state index in [9.17, 15) is 9.59 Å². The minimum absolute atomic E-state index is 0.189. The highest BCUT2D eigenvalue weighted by atomic mass is 79.9. The molecule has 2 aromatic carbocycles. The lowest BCUT2D eigenvalue weighted by molar-refractivity contribution is 0.0971. The molecule has 0 spiro atoms. The van der Waals surface area contributed by atoms with Gasteiger partial charge in [-0.25, -0.2) is 0 Å². The molecule has 0 fully saturated rings. The first-order valence-corrected chi connectivity index (χ1v) is 7.97. The van der Waals surface area contributed by atoms with Crippen LogP contribution in [-0.4, -0.2) is 32.9 Å². The highest BCUT2D eigenvalue weighted by molar-refractivity contribution is 9.10. The Bertz CT molecular complexity index is 886. The molecule has 0 aromatic heterocycles. The first-order valence-electron chi connectivity index (χ1n) is 7.18. The standard InChI is InChI=1S/C18H15BrO5/c1-8-14(19)18(24-4)13-12(17(8)23-3)15(20)9-6-5-7-10(22-2)11(9)16(13)21/h5-7H,1-4H3. The molecule has 5 nitrogen and oxygen atoms in total. The molecule has 0 aliphatic heterocycles. The van der Waals surface area contributed by atoms with E-state index >= 15 is 0 Å². The third kappa shape index (κ3) is 2.06. The number of hydrogen-bond acceptors (Lipinski definition) is 5. The third-order valence-electron chi connectivity index (χ3n) is 4.15. The number of benzene rings is 2. The van der Waals surface area contributed by atoms with Crippen LogP contribution in [0.5, 0.6) is 17.2 Å². The van der Waals surface area contributed by atoms with Crippen LogP contribution in [0.15, 0.2) is 22.7 Å². The van der Waals surface area contributed by atoms with Gasteiger partial charge in [-0.15, -0.1) is 0 Å². The SMILES string of the molecule is COc1cccc2c1C(=O)c1c(OC)c(Br)c(C)c(OC)c1C2=O. The van der Waals surface area contributed by atoms with E-state index in [4.69, 9.17) is 14.2 Å². The molecule has 124 valence electrons. The number of carbonyl (C=O) groups excluding carboxylic acids is 2. The molecule has 0 saturated heterocycles. The van der Waals surface area contributed by atoms with Crippen LogP contribution < -0.4 is 14.2 Å². The summed E-state index contributed by atoms with van der Waals surface area (Å²) in [6.45, 7) is 1.80. The summed E-state index contributed by atoms with van der Waals surface area (Å²) < 4.78 is 16.7. The summed E-state index contributed by atoms with van der Waals surface area (Å²) in [5.74, 6) is 0.425. The number of fused-ring (bicyclic) bond motifs is 2. The van der Waals surface area contributed by atoms with Gasteiger partial charge in [-0.1, -0.05) is 12.1 Å². The van der Waals surface area contributed by atoms with Crippen LogP contribution in [0.25, 0.3) is 0 Å². The first kappa shape index (κ1) is 16.5. The minimum Gasteiger partial charge on any atom is -0.496 e. The van der Waals surface area contributed by atoms with Crippen molar-refractivity contribution >= 4 is 27.5 Å². The molecule has 0 atom stereocenters. The summed E-state index contributed by atoms with van der Waals surface area (Å²) in [4.78, 5) is 26.2. The number of rotatable bonds is 3. The van der Waals surface area contributed by atoms with Gasteiger partial charge in [-0.3, -0.25) is 9.59 Å². The molecule has 0 unspecified atom stereocenters. The number of carbonyl (C=O) groups is 2. The van der Waals surface area contributed by atoms with Gasteiger partial charge in [0.25, 0.3) is 0 Å². The van der Waals surface area contributed by atoms with Crippen molar-refractivity contribution < 1.29 is 23.8 Å². The van der Waals surface area contributed by atoms with Gasteiger partial charge in [0, 0.05) is 11.1 Å². The molecule has 24 heavy (non-hydrogen) atoms. The van der Waals surface area contributed by atoms with Crippen molar-refractivity contribution in [3.05, 3.63) is 50.5 Å². The molecule has 2 aromatic rings. The molecule has 6 heteroatoms. The highest BCUT2D eigenvalue weighted by Gasteiger charge is 2.39. The second kappa shape index (κ2) is 5.94. The molecular formula is C18H15BrO5. The van der Waals surface area contributed by atoms with Crippen molar-refractivity contribution in [1.82, 2.24) is 0 Å². The molecule has 0 saturated carbocycles. The Kier molecular flexibility index (Phi) is 4.09. The summed E-state index contributed by atoms with van der Waals surface area (Å²) in [7, 11) is 4.40. The Morgan fingerprint density at radius 2 is 1.46 bits per heavy atom. The predicted molar refractivity (Wildman–Crippen MR) is 91.8 cm³/mol. The fraction of sp³-hybridized carbons (Fsp3) is 0.222. The second-order valence-electron chi connectivity index (χ2n) is 5.30. The van der Waals surface area contributed by atoms with Crippen molar-refractivity contribution in [2.75, 3.05) is 21.3 Å². The summed E-state index contributed by atoms with van der Waals surface area (Å²) in [6, 6.07) is 4.95. The number of ketones is 2. The van der Waals surface area contributed by atoms with Crippen molar-refractivity contribution in [3.63, 3.8) is 0 Å². The lowest BCUT2D eigenvalue weighted by Crippen LogP contribution is -2.24. The van der Waals surface area contributed by atoms with Crippen LogP contribution >= 0.6 is 15.9 Å². The summed E-state index contributed by atoms with van der Waals surface area (Å²) in [5.41, 5.74) is 1.65. The van der Waals surface area contributed by atoms with E-state index < -0.39 is 0 Å². The number of hydrogen-bond donors (Lipinski definition) is 0. The minimum atomic E-state index is -0.326. The summed E-state index contributed by atoms with van der Waals surface area (Å²) in [5, 5.41) is 0. The van der Waals surface area contributed by atoms with Crippen LogP contribution in [0.2, 0.25) is 0 Å². The monoisotopic (exact) mass is 390 g/mol. The maximum Gasteiger partial charge on any atom is 0.202 e. The lowest BCUT2D eigenvalue weighted by atomic mass is 9.81. The molecule has 0 heterocycles. The van der Waals surface area contributed by atoms with Crippen LogP contribution in [0.3, 0.4) is 0 Å². The fourth-order valence-electron chi connectivity index (χ4n) is 3.06. The van der Waals surface area contributed by atoms with Crippen molar-refractivity contribution in [1.29, 1.82) is 0 Å². The number of methoxy groups -OCH3 is 3. The number of halogens is 1. The maximum atomic E-state index is 13.2. The average Bonchev–Trinajstić information content (AvgIpc) is 2.60. The van der Waals surface area contributed by atoms with Gasteiger partial charge in [-0.05, 0) is 28.9 Å². The van der Waals surface area contributed by atoms with Crippen molar-refractivity contribution in [2.45, 2.75) is 6.92 Å². The third-order valence-corrected chi connectivity index (χ3v) is 5.11. The van der Waals surface area contributed by atoms with Crippen LogP contribution in [0, 0.1) is 6.92 Å². The zero-order valence-electron chi connectivity index (χ0n) is 13.7. The Hall–Kier alpha value is -2.34. The summed E-state index contributed by atoms with van der Waals surface area (Å²) >= 11 is 3.43. The largest absolute Gasteiger partial charge is 0.496 e. The normalized spacial score (nSPS) is 12.5. The highest BCUT2D eigenvalue weighted by Crippen LogP contribution is 2.47. The smallest absolute Gasteiger partial charge is 0.202 e. The maximum absolute atomic E-state index is 13.2. The second-order valence-corrected chi connectivity index (χ2v) is 6.09. The molecular weight excluding hydrogens is 376 g/mol.